The van der Waals surface area contributed by atoms with E-state index in [0.717, 1.165) is 42.0 Å². The van der Waals surface area contributed by atoms with Crippen LogP contribution in [0, 0.1) is 5.92 Å². The molecule has 0 spiro atoms. The number of aldehydes is 1. The Labute approximate surface area is 200 Å². The van der Waals surface area contributed by atoms with Crippen molar-refractivity contribution in [3.63, 3.8) is 0 Å². The molecule has 3 rings (SSSR count). The number of rotatable bonds is 5. The van der Waals surface area contributed by atoms with Crippen LogP contribution in [0.3, 0.4) is 0 Å². The quantitative estimate of drug-likeness (QED) is 0.189. The van der Waals surface area contributed by atoms with Crippen LogP contribution in [0.5, 0.6) is 0 Å². The van der Waals surface area contributed by atoms with Gasteiger partial charge in [0.1, 0.15) is 6.29 Å². The predicted molar refractivity (Wildman–Crippen MR) is 136 cm³/mol. The second-order valence-corrected chi connectivity index (χ2v) is 8.57. The van der Waals surface area contributed by atoms with Crippen molar-refractivity contribution in [3.05, 3.63) is 108 Å². The van der Waals surface area contributed by atoms with Crippen LogP contribution in [0.25, 0.3) is 0 Å². The van der Waals surface area contributed by atoms with Gasteiger partial charge in [0.05, 0.1) is 4.86 Å². The molecule has 1 nitrogen and oxygen atoms in total. The first-order valence-electron chi connectivity index (χ1n) is 10.6. The van der Waals surface area contributed by atoms with Crippen LogP contribution in [0.2, 0.25) is 0 Å². The van der Waals surface area contributed by atoms with Gasteiger partial charge in [-0.1, -0.05) is 105 Å². The minimum Gasteiger partial charge on any atom is -0.303 e. The summed E-state index contributed by atoms with van der Waals surface area (Å²) in [5.74, 6) is 0.0620. The molecular weight excluding hydrogens is 441 g/mol. The van der Waals surface area contributed by atoms with Crippen LogP contribution in [-0.4, -0.2) is 17.3 Å². The van der Waals surface area contributed by atoms with Crippen molar-refractivity contribution < 1.29 is 18.0 Å². The van der Waals surface area contributed by atoms with Gasteiger partial charge in [-0.2, -0.15) is 13.2 Å². The van der Waals surface area contributed by atoms with E-state index in [1.54, 1.807) is 0 Å². The van der Waals surface area contributed by atoms with Gasteiger partial charge in [-0.25, -0.2) is 0 Å². The van der Waals surface area contributed by atoms with Gasteiger partial charge in [0.25, 0.3) is 0 Å². The van der Waals surface area contributed by atoms with Gasteiger partial charge >= 0.3 is 6.18 Å². The first-order chi connectivity index (χ1) is 15.4. The average molecular weight is 473 g/mol. The Morgan fingerprint density at radius 1 is 1.00 bits per heavy atom. The maximum atomic E-state index is 11.1. The Morgan fingerprint density at radius 3 is 1.82 bits per heavy atom. The highest BCUT2D eigenvalue weighted by Gasteiger charge is 2.27. The van der Waals surface area contributed by atoms with Gasteiger partial charge in [0.2, 0.25) is 0 Å². The molecule has 1 unspecified atom stereocenters. The summed E-state index contributed by atoms with van der Waals surface area (Å²) < 4.78 is 33.2. The molecule has 1 saturated carbocycles. The van der Waals surface area contributed by atoms with E-state index in [1.165, 1.54) is 29.6 Å². The van der Waals surface area contributed by atoms with Crippen LogP contribution in [-0.2, 0) is 11.2 Å². The highest BCUT2D eigenvalue weighted by molar-refractivity contribution is 7.81. The lowest BCUT2D eigenvalue weighted by atomic mass is 9.99. The van der Waals surface area contributed by atoms with Crippen molar-refractivity contribution in [3.8, 4) is 0 Å². The number of hydrogen-bond donors (Lipinski definition) is 0. The molecule has 0 aliphatic heterocycles. The fraction of sp³-hybridized carbons (Fsp3) is 0.286. The molecule has 176 valence electrons. The molecule has 1 aliphatic rings. The first kappa shape index (κ1) is 28.2. The van der Waals surface area contributed by atoms with Crippen molar-refractivity contribution >= 4 is 23.4 Å². The largest absolute Gasteiger partial charge is 0.411 e. The fourth-order valence-corrected chi connectivity index (χ4v) is 3.12. The van der Waals surface area contributed by atoms with Crippen LogP contribution in [0.1, 0.15) is 49.8 Å². The zero-order valence-corrected chi connectivity index (χ0v) is 20.1. The number of halogens is 3. The molecule has 33 heavy (non-hydrogen) atoms. The molecule has 0 radical (unpaired) electrons. The number of hydrogen-bond acceptors (Lipinski definition) is 2. The third-order valence-corrected chi connectivity index (χ3v) is 5.33. The Bertz CT molecular complexity index is 943. The van der Waals surface area contributed by atoms with Crippen molar-refractivity contribution in [2.75, 3.05) is 0 Å². The van der Waals surface area contributed by atoms with Crippen molar-refractivity contribution in [2.45, 2.75) is 45.7 Å². The third-order valence-electron chi connectivity index (χ3n) is 4.86. The number of thiocarbonyl (C=S) groups is 1. The van der Waals surface area contributed by atoms with Crippen molar-refractivity contribution in [1.82, 2.24) is 0 Å². The van der Waals surface area contributed by atoms with Gasteiger partial charge in [0.15, 0.2) is 0 Å². The second-order valence-electron chi connectivity index (χ2n) is 8.16. The fourth-order valence-electron chi connectivity index (χ4n) is 2.85. The minimum atomic E-state index is -4.19. The number of carbonyl (C=O) groups is 1. The SMILES string of the molecule is C=C(C)C(F)(F)F.C=C1CCC(=C)C1.CC(C=O)Cc1ccc(C(=S)c2ccccc2)cc1. The summed E-state index contributed by atoms with van der Waals surface area (Å²) in [7, 11) is 0. The number of allylic oxidation sites excluding steroid dienone is 3. The number of carbonyl (C=O) groups excluding carboxylic acids is 1. The first-order valence-corrected chi connectivity index (χ1v) is 11.0. The van der Waals surface area contributed by atoms with E-state index in [9.17, 15) is 18.0 Å². The van der Waals surface area contributed by atoms with E-state index in [0.29, 0.717) is 0 Å². The molecule has 0 saturated heterocycles. The second kappa shape index (κ2) is 13.7. The molecule has 0 aromatic heterocycles. The van der Waals surface area contributed by atoms with Crippen molar-refractivity contribution in [2.24, 2.45) is 5.92 Å². The van der Waals surface area contributed by atoms with E-state index in [1.807, 2.05) is 61.5 Å². The highest BCUT2D eigenvalue weighted by Crippen LogP contribution is 2.25. The van der Waals surface area contributed by atoms with E-state index in [-0.39, 0.29) is 5.92 Å². The van der Waals surface area contributed by atoms with E-state index in [4.69, 9.17) is 12.2 Å². The summed E-state index contributed by atoms with van der Waals surface area (Å²) >= 11 is 5.48. The lowest BCUT2D eigenvalue weighted by molar-refractivity contribution is -0.110. The number of benzene rings is 2. The van der Waals surface area contributed by atoms with Crippen LogP contribution < -0.4 is 0 Å². The zero-order valence-electron chi connectivity index (χ0n) is 19.3. The lowest BCUT2D eigenvalue weighted by Crippen LogP contribution is -2.06. The lowest BCUT2D eigenvalue weighted by Gasteiger charge is -2.07. The van der Waals surface area contributed by atoms with Gasteiger partial charge in [0, 0.05) is 11.5 Å². The summed E-state index contributed by atoms with van der Waals surface area (Å²) in [6.07, 6.45) is 1.02. The molecule has 1 fully saturated rings. The molecule has 0 N–H and O–H groups in total. The molecule has 1 atom stereocenters. The Hall–Kier alpha value is -2.79. The smallest absolute Gasteiger partial charge is 0.303 e. The number of alkyl halides is 3. The molecule has 2 aromatic carbocycles. The van der Waals surface area contributed by atoms with E-state index < -0.39 is 11.7 Å². The standard InChI is InChI=1S/C17H16OS.C7H10.C4H5F3/c1-13(12-18)11-14-7-9-16(10-8-14)17(19)15-5-3-2-4-6-15;1-6-3-4-7(2)5-6;1-3(2)4(5,6)7/h2-10,12-13H,11H2,1H3;1-5H2;1H2,2H3. The summed E-state index contributed by atoms with van der Waals surface area (Å²) in [6.45, 7) is 13.2. The molecule has 1 aliphatic carbocycles. The topological polar surface area (TPSA) is 17.1 Å². The summed E-state index contributed by atoms with van der Waals surface area (Å²) in [5.41, 5.74) is 5.22. The predicted octanol–water partition coefficient (Wildman–Crippen LogP) is 8.24. The van der Waals surface area contributed by atoms with Gasteiger partial charge < -0.3 is 4.79 Å². The molecule has 0 heterocycles. The van der Waals surface area contributed by atoms with E-state index >= 15 is 0 Å². The normalized spacial score (nSPS) is 13.7. The third kappa shape index (κ3) is 11.1. The van der Waals surface area contributed by atoms with E-state index in [2.05, 4.69) is 19.7 Å². The summed E-state index contributed by atoms with van der Waals surface area (Å²) in [6, 6.07) is 18.1. The minimum absolute atomic E-state index is 0.0620. The zero-order chi connectivity index (χ0) is 25.0. The molecular formula is C28H31F3OS. The van der Waals surface area contributed by atoms with Crippen LogP contribution in [0.4, 0.5) is 13.2 Å². The van der Waals surface area contributed by atoms with Crippen molar-refractivity contribution in [1.29, 1.82) is 0 Å². The molecule has 0 amide bonds. The van der Waals surface area contributed by atoms with Crippen LogP contribution in [0.15, 0.2) is 91.1 Å². The molecule has 5 heteroatoms. The Morgan fingerprint density at radius 2 is 1.45 bits per heavy atom. The van der Waals surface area contributed by atoms with Gasteiger partial charge in [-0.05, 0) is 49.3 Å². The van der Waals surface area contributed by atoms with Gasteiger partial charge in [-0.3, -0.25) is 0 Å². The maximum Gasteiger partial charge on any atom is 0.411 e. The molecule has 2 aromatic rings. The van der Waals surface area contributed by atoms with Crippen LogP contribution >= 0.6 is 12.2 Å². The molecule has 0 bridgehead atoms. The van der Waals surface area contributed by atoms with Gasteiger partial charge in [-0.15, -0.1) is 0 Å². The maximum absolute atomic E-state index is 11.1. The Balaban J connectivity index is 0.000000318. The highest BCUT2D eigenvalue weighted by atomic mass is 32.1. The Kier molecular flexibility index (Phi) is 11.7. The monoisotopic (exact) mass is 472 g/mol. The summed E-state index contributed by atoms with van der Waals surface area (Å²) in [5, 5.41) is 0. The summed E-state index contributed by atoms with van der Waals surface area (Å²) in [4.78, 5) is 11.5. The average Bonchev–Trinajstić information content (AvgIpc) is 3.17.